The van der Waals surface area contributed by atoms with Gasteiger partial charge in [0.1, 0.15) is 0 Å². The number of hydrogen-bond acceptors (Lipinski definition) is 6. The second-order valence-electron chi connectivity index (χ2n) is 23.2. The summed E-state index contributed by atoms with van der Waals surface area (Å²) in [6.45, 7) is 26.4. The minimum atomic E-state index is -0.250. The normalized spacial score (nSPS) is 12.8. The van der Waals surface area contributed by atoms with Gasteiger partial charge < -0.3 is 25.1 Å². The maximum atomic E-state index is 8.36. The molecule has 0 aliphatic carbocycles. The predicted molar refractivity (Wildman–Crippen MR) is 329 cm³/mol. The van der Waals surface area contributed by atoms with Crippen molar-refractivity contribution in [2.24, 2.45) is 0 Å². The van der Waals surface area contributed by atoms with Gasteiger partial charge in [-0.15, -0.1) is 0 Å². The van der Waals surface area contributed by atoms with Crippen LogP contribution in [0.3, 0.4) is 0 Å². The molecular formula is C66H139N5O2. The first kappa shape index (κ1) is 74.3. The molecule has 1 aliphatic heterocycles. The fourth-order valence-corrected chi connectivity index (χ4v) is 10.8. The first-order chi connectivity index (χ1) is 36.0. The zero-order valence-corrected chi connectivity index (χ0v) is 51.4. The molecule has 0 aromatic carbocycles. The number of hydrogen-bond donors (Lipinski definition) is 2. The van der Waals surface area contributed by atoms with Gasteiger partial charge in [-0.3, -0.25) is 9.69 Å². The summed E-state index contributed by atoms with van der Waals surface area (Å²) in [5.41, 5.74) is 0. The molecule has 2 N–H and O–H groups in total. The van der Waals surface area contributed by atoms with Crippen molar-refractivity contribution in [1.29, 1.82) is 0 Å². The van der Waals surface area contributed by atoms with E-state index in [0.717, 1.165) is 6.67 Å². The van der Waals surface area contributed by atoms with Crippen LogP contribution in [0, 0.1) is 0 Å². The molecular weight excluding hydrogens is 895 g/mol. The SMILES string of the molecule is CCCCCCCCCCCCN(CCCCCCCCCCCC)CCN(CCCCCCCCCCCC)CCN1CCNC1.CCCCCCCCCCCN(C)CCCCCCCCCC.O=CO. The van der Waals surface area contributed by atoms with E-state index in [9.17, 15) is 0 Å². The Morgan fingerprint density at radius 2 is 0.562 bits per heavy atom. The Kier molecular flexibility index (Phi) is 68.6. The smallest absolute Gasteiger partial charge is 0.290 e. The minimum Gasteiger partial charge on any atom is -0.483 e. The highest BCUT2D eigenvalue weighted by Crippen LogP contribution is 2.16. The Balaban J connectivity index is 0. The third kappa shape index (κ3) is 63.7. The van der Waals surface area contributed by atoms with Crippen LogP contribution in [0.25, 0.3) is 0 Å². The second kappa shape index (κ2) is 67.4. The summed E-state index contributed by atoms with van der Waals surface area (Å²) < 4.78 is 0. The lowest BCUT2D eigenvalue weighted by Gasteiger charge is -2.29. The number of rotatable bonds is 58. The van der Waals surface area contributed by atoms with Gasteiger partial charge in [0.25, 0.3) is 6.47 Å². The summed E-state index contributed by atoms with van der Waals surface area (Å²) in [4.78, 5) is 19.3. The fourth-order valence-electron chi connectivity index (χ4n) is 10.8. The van der Waals surface area contributed by atoms with E-state index in [1.165, 1.54) is 374 Å². The quantitative estimate of drug-likeness (QED) is 0.0465. The number of unbranched alkanes of at least 4 members (excludes halogenated alkanes) is 42. The van der Waals surface area contributed by atoms with E-state index in [1.807, 2.05) is 0 Å². The Morgan fingerprint density at radius 1 is 0.342 bits per heavy atom. The zero-order valence-electron chi connectivity index (χ0n) is 51.4. The van der Waals surface area contributed by atoms with E-state index in [0.29, 0.717) is 0 Å². The van der Waals surface area contributed by atoms with Crippen LogP contribution in [0.4, 0.5) is 0 Å². The summed E-state index contributed by atoms with van der Waals surface area (Å²) in [5, 5.41) is 10.4. The van der Waals surface area contributed by atoms with E-state index in [2.05, 4.69) is 66.6 Å². The van der Waals surface area contributed by atoms with Crippen molar-refractivity contribution in [3.05, 3.63) is 0 Å². The second-order valence-corrected chi connectivity index (χ2v) is 23.2. The molecule has 0 amide bonds. The van der Waals surface area contributed by atoms with Gasteiger partial charge in [0, 0.05) is 45.9 Å². The monoisotopic (exact) mass is 1030 g/mol. The molecule has 0 radical (unpaired) electrons. The van der Waals surface area contributed by atoms with Crippen LogP contribution in [0.15, 0.2) is 0 Å². The largest absolute Gasteiger partial charge is 0.483 e. The number of carboxylic acid groups (broad SMARTS) is 1. The Labute approximate surface area is 461 Å². The van der Waals surface area contributed by atoms with E-state index in [1.54, 1.807) is 0 Å². The van der Waals surface area contributed by atoms with E-state index in [-0.39, 0.29) is 6.47 Å². The molecule has 0 spiro atoms. The lowest BCUT2D eigenvalue weighted by Crippen LogP contribution is -2.40. The van der Waals surface area contributed by atoms with Crippen molar-refractivity contribution in [3.8, 4) is 0 Å². The summed E-state index contributed by atoms with van der Waals surface area (Å²) in [5.74, 6) is 0. The number of carbonyl (C=O) groups is 1. The molecule has 7 nitrogen and oxygen atoms in total. The minimum absolute atomic E-state index is 0.250. The summed E-state index contributed by atoms with van der Waals surface area (Å²) >= 11 is 0. The van der Waals surface area contributed by atoms with Crippen molar-refractivity contribution in [3.63, 3.8) is 0 Å². The zero-order chi connectivity index (χ0) is 53.4. The van der Waals surface area contributed by atoms with Gasteiger partial charge in [0.05, 0.1) is 0 Å². The van der Waals surface area contributed by atoms with Gasteiger partial charge in [-0.2, -0.15) is 0 Å². The van der Waals surface area contributed by atoms with Gasteiger partial charge in [-0.05, 0) is 71.9 Å². The molecule has 1 saturated heterocycles. The van der Waals surface area contributed by atoms with Gasteiger partial charge in [-0.1, -0.05) is 304 Å². The third-order valence-corrected chi connectivity index (χ3v) is 15.9. The van der Waals surface area contributed by atoms with Crippen molar-refractivity contribution >= 4 is 6.47 Å². The molecule has 0 atom stereocenters. The summed E-state index contributed by atoms with van der Waals surface area (Å²) in [7, 11) is 2.31. The molecule has 0 bridgehead atoms. The van der Waals surface area contributed by atoms with Crippen molar-refractivity contribution < 1.29 is 9.90 Å². The van der Waals surface area contributed by atoms with Crippen LogP contribution in [0.2, 0.25) is 0 Å². The Morgan fingerprint density at radius 3 is 0.795 bits per heavy atom. The molecule has 7 heteroatoms. The molecule has 0 unspecified atom stereocenters. The predicted octanol–water partition coefficient (Wildman–Crippen LogP) is 19.5. The molecule has 1 rings (SSSR count). The molecule has 1 heterocycles. The van der Waals surface area contributed by atoms with E-state index >= 15 is 0 Å². The van der Waals surface area contributed by atoms with Gasteiger partial charge in [0.2, 0.25) is 0 Å². The van der Waals surface area contributed by atoms with Gasteiger partial charge in [0.15, 0.2) is 0 Å². The lowest BCUT2D eigenvalue weighted by atomic mass is 10.1. The Hall–Kier alpha value is -0.730. The third-order valence-electron chi connectivity index (χ3n) is 15.9. The molecule has 73 heavy (non-hydrogen) atoms. The highest BCUT2D eigenvalue weighted by molar-refractivity contribution is 5.32. The molecule has 1 aliphatic rings. The van der Waals surface area contributed by atoms with Crippen molar-refractivity contribution in [2.75, 3.05) is 85.7 Å². The number of nitrogens with one attached hydrogen (secondary N) is 1. The van der Waals surface area contributed by atoms with Crippen LogP contribution in [-0.2, 0) is 4.79 Å². The number of nitrogens with zero attached hydrogens (tertiary/aromatic N) is 4. The van der Waals surface area contributed by atoms with Crippen LogP contribution in [0.1, 0.15) is 336 Å². The highest BCUT2D eigenvalue weighted by atomic mass is 16.3. The first-order valence-corrected chi connectivity index (χ1v) is 33.7. The van der Waals surface area contributed by atoms with Crippen LogP contribution in [0.5, 0.6) is 0 Å². The molecule has 0 saturated carbocycles. The van der Waals surface area contributed by atoms with Gasteiger partial charge >= 0.3 is 0 Å². The van der Waals surface area contributed by atoms with Gasteiger partial charge in [-0.25, -0.2) is 0 Å². The average molecular weight is 1030 g/mol. The van der Waals surface area contributed by atoms with Crippen LogP contribution >= 0.6 is 0 Å². The topological polar surface area (TPSA) is 62.3 Å². The molecule has 440 valence electrons. The molecule has 0 aromatic heterocycles. The maximum Gasteiger partial charge on any atom is 0.290 e. The highest BCUT2D eigenvalue weighted by Gasteiger charge is 2.14. The van der Waals surface area contributed by atoms with Crippen LogP contribution < -0.4 is 5.32 Å². The summed E-state index contributed by atoms with van der Waals surface area (Å²) in [6.07, 6.45) is 67.6. The lowest BCUT2D eigenvalue weighted by molar-refractivity contribution is -0.122. The summed E-state index contributed by atoms with van der Waals surface area (Å²) in [6, 6.07) is 0. The molecule has 1 fully saturated rings. The average Bonchev–Trinajstić information content (AvgIpc) is 3.93. The van der Waals surface area contributed by atoms with Crippen LogP contribution in [-0.4, -0.2) is 117 Å². The standard InChI is InChI=1S/C43H90N4.C22H47N.CH2O2/c1-4-7-10-13-16-19-22-25-28-31-35-45(36-32-29-26-23-20-17-14-11-8-5-2)39-40-46(41-42-47-38-34-44-43-47)37-33-30-27-24-21-18-15-12-9-6-3;1-4-6-8-10-12-14-16-18-20-22-23(3)21-19-17-15-13-11-9-7-5-2;2-1-3/h44H,4-43H2,1-3H3;4-22H2,1-3H3;1H,(H,2,3). The van der Waals surface area contributed by atoms with E-state index < -0.39 is 0 Å². The maximum absolute atomic E-state index is 8.36. The fraction of sp³-hybridized carbons (Fsp3) is 0.985. The van der Waals surface area contributed by atoms with E-state index in [4.69, 9.17) is 9.90 Å². The first-order valence-electron chi connectivity index (χ1n) is 33.7. The molecule has 0 aromatic rings. The van der Waals surface area contributed by atoms with Crippen molar-refractivity contribution in [1.82, 2.24) is 24.9 Å². The Bertz CT molecular complexity index is 942. The van der Waals surface area contributed by atoms with Crippen molar-refractivity contribution in [2.45, 2.75) is 336 Å².